The summed E-state index contributed by atoms with van der Waals surface area (Å²) in [5.41, 5.74) is 1.38. The minimum absolute atomic E-state index is 0.0590. The molecule has 1 heterocycles. The van der Waals surface area contributed by atoms with Gasteiger partial charge in [-0.1, -0.05) is 11.6 Å². The second-order valence-electron chi connectivity index (χ2n) is 5.40. The number of ether oxygens (including phenoxy) is 1. The number of esters is 1. The smallest absolute Gasteiger partial charge is 0.356 e. The Morgan fingerprint density at radius 1 is 1.16 bits per heavy atom. The van der Waals surface area contributed by atoms with Crippen LogP contribution in [0.3, 0.4) is 0 Å². The molecular weight excluding hydrogens is 340 g/mol. The lowest BCUT2D eigenvalue weighted by atomic mass is 10.0. The van der Waals surface area contributed by atoms with Crippen LogP contribution in [-0.2, 0) is 11.3 Å². The van der Waals surface area contributed by atoms with Crippen LogP contribution < -0.4 is 0 Å². The summed E-state index contributed by atoms with van der Waals surface area (Å²) in [5.74, 6) is 0.208. The third-order valence-electron chi connectivity index (χ3n) is 3.68. The lowest BCUT2D eigenvalue weighted by Crippen LogP contribution is -2.18. The summed E-state index contributed by atoms with van der Waals surface area (Å²) < 4.78 is 6.46. The summed E-state index contributed by atoms with van der Waals surface area (Å²) in [6.07, 6.45) is 7.56. The van der Waals surface area contributed by atoms with Crippen molar-refractivity contribution in [2.75, 3.05) is 6.61 Å². The lowest BCUT2D eigenvalue weighted by molar-refractivity contribution is 0.0512. The molecule has 1 aromatic heterocycles. The molecule has 0 bridgehead atoms. The number of aromatic nitrogens is 2. The van der Waals surface area contributed by atoms with Crippen LogP contribution in [0.25, 0.3) is 0 Å². The van der Waals surface area contributed by atoms with Gasteiger partial charge in [-0.2, -0.15) is 5.10 Å². The molecule has 0 aliphatic heterocycles. The number of hydrogen-bond donors (Lipinski definition) is 0. The van der Waals surface area contributed by atoms with Crippen LogP contribution in [0, 0.1) is 31.6 Å². The molecule has 0 spiro atoms. The van der Waals surface area contributed by atoms with Gasteiger partial charge in [-0.25, -0.2) is 9.48 Å². The maximum absolute atomic E-state index is 12.5. The number of ketones is 1. The quantitative estimate of drug-likeness (QED) is 0.589. The first kappa shape index (κ1) is 17.7. The van der Waals surface area contributed by atoms with Gasteiger partial charge >= 0.3 is 5.97 Å². The van der Waals surface area contributed by atoms with Crippen molar-refractivity contribution in [1.82, 2.24) is 9.78 Å². The van der Waals surface area contributed by atoms with E-state index >= 15 is 0 Å². The van der Waals surface area contributed by atoms with E-state index in [0.717, 1.165) is 5.92 Å². The van der Waals surface area contributed by atoms with Crippen molar-refractivity contribution < 1.29 is 14.3 Å². The van der Waals surface area contributed by atoms with E-state index in [1.165, 1.54) is 4.68 Å². The topological polar surface area (TPSA) is 61.2 Å². The van der Waals surface area contributed by atoms with E-state index in [1.54, 1.807) is 37.3 Å². The number of carbonyl (C=O) groups excluding carboxylic acids is 2. The summed E-state index contributed by atoms with van der Waals surface area (Å²) in [6, 6.07) is 8.24. The van der Waals surface area contributed by atoms with Crippen LogP contribution >= 0.6 is 11.6 Å². The zero-order valence-electron chi connectivity index (χ0n) is 13.6. The van der Waals surface area contributed by atoms with Gasteiger partial charge in [0.1, 0.15) is 12.2 Å². The molecule has 6 heteroatoms. The Kier molecular flexibility index (Phi) is 5.53. The van der Waals surface area contributed by atoms with E-state index in [0.29, 0.717) is 16.3 Å². The fourth-order valence-corrected chi connectivity index (χ4v) is 2.58. The zero-order chi connectivity index (χ0) is 17.8. The Hall–Kier alpha value is -2.14. The largest absolute Gasteiger partial charge is 0.461 e. The first-order valence-corrected chi connectivity index (χ1v) is 8.22. The van der Waals surface area contributed by atoms with Gasteiger partial charge in [0.15, 0.2) is 5.78 Å². The summed E-state index contributed by atoms with van der Waals surface area (Å²) in [4.78, 5) is 24.7. The van der Waals surface area contributed by atoms with Crippen LogP contribution in [0.15, 0.2) is 30.3 Å². The molecule has 2 aromatic rings. The summed E-state index contributed by atoms with van der Waals surface area (Å²) in [5, 5.41) is 4.96. The minimum atomic E-state index is -0.503. The maximum atomic E-state index is 12.5. The Morgan fingerprint density at radius 2 is 1.84 bits per heavy atom. The van der Waals surface area contributed by atoms with E-state index in [4.69, 9.17) is 16.3 Å². The second-order valence-corrected chi connectivity index (χ2v) is 5.83. The van der Waals surface area contributed by atoms with Crippen molar-refractivity contribution >= 4 is 23.4 Å². The molecule has 127 valence electrons. The molecule has 25 heavy (non-hydrogen) atoms. The maximum Gasteiger partial charge on any atom is 0.356 e. The first-order valence-electron chi connectivity index (χ1n) is 7.84. The molecule has 1 aliphatic rings. The molecule has 0 saturated heterocycles. The molecule has 0 amide bonds. The van der Waals surface area contributed by atoms with Gasteiger partial charge in [0, 0.05) is 16.5 Å². The predicted octanol–water partition coefficient (Wildman–Crippen LogP) is 3.35. The average molecular weight is 356 g/mol. The fourth-order valence-electron chi connectivity index (χ4n) is 2.46. The highest BCUT2D eigenvalue weighted by Crippen LogP contribution is 2.29. The van der Waals surface area contributed by atoms with E-state index < -0.39 is 5.97 Å². The average Bonchev–Trinajstić information content (AvgIpc) is 3.25. The number of rotatable bonds is 6. The summed E-state index contributed by atoms with van der Waals surface area (Å²) in [6.45, 7) is 1.92. The van der Waals surface area contributed by atoms with Crippen LogP contribution in [0.5, 0.6) is 0 Å². The normalized spacial score (nSPS) is 14.6. The number of Topliss-reactive ketones (excluding diaryl/α,β-unsaturated/α-hetero) is 1. The van der Waals surface area contributed by atoms with Crippen LogP contribution in [0.4, 0.5) is 0 Å². The number of carbonyl (C=O) groups is 2. The Bertz CT molecular complexity index is 761. The molecule has 0 atom stereocenters. The highest BCUT2D eigenvalue weighted by atomic mass is 35.5. The molecule has 1 aromatic carbocycles. The van der Waals surface area contributed by atoms with E-state index in [1.807, 2.05) is 25.7 Å². The van der Waals surface area contributed by atoms with Gasteiger partial charge < -0.3 is 4.74 Å². The fraction of sp³-hybridized carbons (Fsp3) is 0.158. The second kappa shape index (κ2) is 7.83. The van der Waals surface area contributed by atoms with E-state index in [-0.39, 0.29) is 24.6 Å². The van der Waals surface area contributed by atoms with Crippen LogP contribution in [0.1, 0.15) is 33.5 Å². The van der Waals surface area contributed by atoms with Crippen molar-refractivity contribution in [2.45, 2.75) is 13.5 Å². The predicted molar refractivity (Wildman–Crippen MR) is 93.5 cm³/mol. The standard InChI is InChI=1S/C19H16ClN2O3/c1-2-25-19(24)17-11-16(13-5-3-4-6-13)21-22(17)12-18(23)14-7-9-15(20)10-8-14/h3-11H,2,12H2,1H3. The van der Waals surface area contributed by atoms with Crippen molar-refractivity contribution in [3.8, 4) is 0 Å². The molecular formula is C19H16ClN2O3. The minimum Gasteiger partial charge on any atom is -0.461 e. The number of nitrogens with zero attached hydrogens (tertiary/aromatic N) is 2. The summed E-state index contributed by atoms with van der Waals surface area (Å²) >= 11 is 5.85. The monoisotopic (exact) mass is 355 g/mol. The van der Waals surface area contributed by atoms with Crippen LogP contribution in [0.2, 0.25) is 5.02 Å². The lowest BCUT2D eigenvalue weighted by Gasteiger charge is -2.07. The number of hydrogen-bond acceptors (Lipinski definition) is 4. The van der Waals surface area contributed by atoms with Crippen molar-refractivity contribution in [1.29, 1.82) is 0 Å². The Labute approximate surface area is 151 Å². The molecule has 0 unspecified atom stereocenters. The summed E-state index contributed by atoms with van der Waals surface area (Å²) in [7, 11) is 0. The van der Waals surface area contributed by atoms with Gasteiger partial charge in [0.2, 0.25) is 0 Å². The highest BCUT2D eigenvalue weighted by Gasteiger charge is 2.26. The third-order valence-corrected chi connectivity index (χ3v) is 3.93. The third kappa shape index (κ3) is 4.10. The molecule has 1 saturated carbocycles. The van der Waals surface area contributed by atoms with Gasteiger partial charge in [-0.3, -0.25) is 4.79 Å². The van der Waals surface area contributed by atoms with Crippen molar-refractivity contribution in [2.24, 2.45) is 0 Å². The van der Waals surface area contributed by atoms with Crippen LogP contribution in [-0.4, -0.2) is 28.1 Å². The Morgan fingerprint density at radius 3 is 2.48 bits per heavy atom. The molecule has 5 nitrogen and oxygen atoms in total. The SMILES string of the molecule is CCOC(=O)c1cc([C]2[CH][CH][CH][CH]2)nn1CC(=O)c1ccc(Cl)cc1. The van der Waals surface area contributed by atoms with Gasteiger partial charge in [-0.15, -0.1) is 0 Å². The molecule has 0 N–H and O–H groups in total. The zero-order valence-corrected chi connectivity index (χ0v) is 14.4. The molecule has 3 rings (SSSR count). The Balaban J connectivity index is 1.85. The number of benzene rings is 1. The van der Waals surface area contributed by atoms with Crippen molar-refractivity contribution in [3.05, 3.63) is 83.9 Å². The van der Waals surface area contributed by atoms with Gasteiger partial charge in [-0.05, 0) is 62.9 Å². The first-order chi connectivity index (χ1) is 12.1. The number of halogens is 1. The van der Waals surface area contributed by atoms with E-state index in [2.05, 4.69) is 5.10 Å². The highest BCUT2D eigenvalue weighted by molar-refractivity contribution is 6.30. The van der Waals surface area contributed by atoms with E-state index in [9.17, 15) is 9.59 Å². The van der Waals surface area contributed by atoms with Crippen molar-refractivity contribution in [3.63, 3.8) is 0 Å². The molecule has 1 aliphatic carbocycles. The molecule has 5 radical (unpaired) electrons. The van der Waals surface area contributed by atoms with Gasteiger partial charge in [0.05, 0.1) is 12.3 Å². The molecule has 1 fully saturated rings. The van der Waals surface area contributed by atoms with Gasteiger partial charge in [0.25, 0.3) is 0 Å².